The molecular formula is C29H31N3O5S. The number of nitriles is 1. The summed E-state index contributed by atoms with van der Waals surface area (Å²) in [6.45, 7) is 8.02. The minimum absolute atomic E-state index is 0.0179. The van der Waals surface area contributed by atoms with Crippen LogP contribution in [0, 0.1) is 11.3 Å². The average Bonchev–Trinajstić information content (AvgIpc) is 3.23. The van der Waals surface area contributed by atoms with E-state index >= 15 is 0 Å². The van der Waals surface area contributed by atoms with Crippen LogP contribution < -0.4 is 9.04 Å². The Labute approximate surface area is 223 Å². The monoisotopic (exact) mass is 533 g/mol. The maximum absolute atomic E-state index is 13.2. The number of fused-ring (bicyclic) bond motifs is 2. The number of carbonyl (C=O) groups is 1. The number of sulfonamides is 1. The topological polar surface area (TPSA) is 99.9 Å². The molecule has 9 heteroatoms. The van der Waals surface area contributed by atoms with Crippen LogP contribution in [0.4, 0.5) is 10.5 Å². The minimum atomic E-state index is -3.55. The molecule has 38 heavy (non-hydrogen) atoms. The zero-order valence-electron chi connectivity index (χ0n) is 22.0. The second-order valence-corrected chi connectivity index (χ2v) is 12.9. The lowest BCUT2D eigenvalue weighted by Gasteiger charge is -2.39. The normalized spacial score (nSPS) is 17.6. The predicted octanol–water partition coefficient (Wildman–Crippen LogP) is 5.16. The zero-order chi connectivity index (χ0) is 27.2. The third-order valence-electron chi connectivity index (χ3n) is 6.83. The quantitative estimate of drug-likeness (QED) is 0.449. The van der Waals surface area contributed by atoms with Gasteiger partial charge in [0.05, 0.1) is 42.2 Å². The van der Waals surface area contributed by atoms with Crippen LogP contribution in [0.15, 0.2) is 54.6 Å². The standard InChI is InChI=1S/C29H31N3O5S/c1-5-38(34,35)32-26-11-10-24(36-25-17-31(18-25)28(33)37-29(2,3)4)14-23(26)15-27(32)21-9-8-20-7-6-19(16-30)12-22(20)13-21/h6-14,25,27H,5,15,17-18H2,1-4H3. The average molecular weight is 534 g/mol. The van der Waals surface area contributed by atoms with Gasteiger partial charge in [0.15, 0.2) is 0 Å². The molecule has 1 saturated heterocycles. The summed E-state index contributed by atoms with van der Waals surface area (Å²) in [5.74, 6) is 0.625. The van der Waals surface area contributed by atoms with Gasteiger partial charge < -0.3 is 14.4 Å². The van der Waals surface area contributed by atoms with Crippen molar-refractivity contribution < 1.29 is 22.7 Å². The van der Waals surface area contributed by atoms with Crippen LogP contribution in [0.25, 0.3) is 10.8 Å². The number of rotatable bonds is 5. The Kier molecular flexibility index (Phi) is 6.48. The van der Waals surface area contributed by atoms with Gasteiger partial charge in [-0.3, -0.25) is 4.31 Å². The van der Waals surface area contributed by atoms with E-state index < -0.39 is 21.7 Å². The lowest BCUT2D eigenvalue weighted by Crippen LogP contribution is -2.57. The van der Waals surface area contributed by atoms with E-state index in [-0.39, 0.29) is 18.0 Å². The molecule has 3 aromatic carbocycles. The van der Waals surface area contributed by atoms with E-state index in [1.54, 1.807) is 30.0 Å². The number of likely N-dealkylation sites (tertiary alicyclic amines) is 1. The number of ether oxygens (including phenoxy) is 2. The molecule has 2 aliphatic heterocycles. The largest absolute Gasteiger partial charge is 0.487 e. The molecule has 2 aliphatic rings. The molecular weight excluding hydrogens is 502 g/mol. The molecule has 1 unspecified atom stereocenters. The van der Waals surface area contributed by atoms with Crippen LogP contribution in [0.1, 0.15) is 50.4 Å². The molecule has 198 valence electrons. The first-order chi connectivity index (χ1) is 18.0. The van der Waals surface area contributed by atoms with Gasteiger partial charge >= 0.3 is 6.09 Å². The zero-order valence-corrected chi connectivity index (χ0v) is 22.8. The highest BCUT2D eigenvalue weighted by molar-refractivity contribution is 7.92. The van der Waals surface area contributed by atoms with Crippen LogP contribution >= 0.6 is 0 Å². The van der Waals surface area contributed by atoms with E-state index in [0.29, 0.717) is 36.5 Å². The van der Waals surface area contributed by atoms with Gasteiger partial charge in [0.2, 0.25) is 10.0 Å². The maximum Gasteiger partial charge on any atom is 0.410 e. The van der Waals surface area contributed by atoms with E-state index in [2.05, 4.69) is 6.07 Å². The number of hydrogen-bond donors (Lipinski definition) is 0. The lowest BCUT2D eigenvalue weighted by atomic mass is 9.98. The number of nitrogens with zero attached hydrogens (tertiary/aromatic N) is 3. The summed E-state index contributed by atoms with van der Waals surface area (Å²) in [7, 11) is -3.55. The van der Waals surface area contributed by atoms with Crippen LogP contribution in [-0.2, 0) is 21.2 Å². The summed E-state index contributed by atoms with van der Waals surface area (Å²) in [4.78, 5) is 13.8. The SMILES string of the molecule is CCS(=O)(=O)N1c2ccc(OC3CN(C(=O)OC(C)(C)C)C3)cc2CC1c1ccc2ccc(C#N)cc2c1. The Bertz CT molecular complexity index is 1550. The molecule has 0 bridgehead atoms. The van der Waals surface area contributed by atoms with E-state index in [4.69, 9.17) is 9.47 Å². The van der Waals surface area contributed by atoms with Gasteiger partial charge in [-0.25, -0.2) is 13.2 Å². The Morgan fingerprint density at radius 2 is 1.79 bits per heavy atom. The number of carbonyl (C=O) groups excluding carboxylic acids is 1. The van der Waals surface area contributed by atoms with E-state index in [1.807, 2.05) is 57.2 Å². The molecule has 0 aliphatic carbocycles. The first kappa shape index (κ1) is 25.9. The Hall–Kier alpha value is -3.77. The molecule has 3 aromatic rings. The van der Waals surface area contributed by atoms with Gasteiger partial charge in [-0.1, -0.05) is 18.2 Å². The van der Waals surface area contributed by atoms with Crippen molar-refractivity contribution in [1.82, 2.24) is 4.90 Å². The maximum atomic E-state index is 13.2. The number of amides is 1. The Morgan fingerprint density at radius 3 is 2.47 bits per heavy atom. The Morgan fingerprint density at radius 1 is 1.05 bits per heavy atom. The first-order valence-electron chi connectivity index (χ1n) is 12.7. The summed E-state index contributed by atoms with van der Waals surface area (Å²) in [5, 5.41) is 11.2. The molecule has 2 heterocycles. The van der Waals surface area contributed by atoms with Gasteiger partial charge in [0.25, 0.3) is 0 Å². The van der Waals surface area contributed by atoms with Gasteiger partial charge in [0, 0.05) is 6.42 Å². The fraction of sp³-hybridized carbons (Fsp3) is 0.379. The molecule has 0 spiro atoms. The van der Waals surface area contributed by atoms with Gasteiger partial charge in [-0.2, -0.15) is 5.26 Å². The minimum Gasteiger partial charge on any atom is -0.487 e. The fourth-order valence-electron chi connectivity index (χ4n) is 4.93. The number of hydrogen-bond acceptors (Lipinski definition) is 6. The molecule has 0 N–H and O–H groups in total. The van der Waals surface area contributed by atoms with Crippen LogP contribution in [0.5, 0.6) is 5.75 Å². The first-order valence-corrected chi connectivity index (χ1v) is 14.3. The molecule has 0 radical (unpaired) electrons. The molecule has 8 nitrogen and oxygen atoms in total. The summed E-state index contributed by atoms with van der Waals surface area (Å²) in [6.07, 6.45) is -0.000844. The fourth-order valence-corrected chi connectivity index (χ4v) is 6.27. The van der Waals surface area contributed by atoms with E-state index in [1.165, 1.54) is 4.31 Å². The van der Waals surface area contributed by atoms with Crippen molar-refractivity contribution in [1.29, 1.82) is 5.26 Å². The molecule has 5 rings (SSSR count). The summed E-state index contributed by atoms with van der Waals surface area (Å²) in [5.41, 5.74) is 2.42. The highest BCUT2D eigenvalue weighted by Crippen LogP contribution is 2.44. The van der Waals surface area contributed by atoms with Crippen molar-refractivity contribution in [3.05, 3.63) is 71.3 Å². The van der Waals surface area contributed by atoms with Crippen molar-refractivity contribution in [2.45, 2.75) is 51.9 Å². The second kappa shape index (κ2) is 9.52. The van der Waals surface area contributed by atoms with E-state index in [9.17, 15) is 18.5 Å². The highest BCUT2D eigenvalue weighted by Gasteiger charge is 2.39. The number of benzene rings is 3. The van der Waals surface area contributed by atoms with Crippen molar-refractivity contribution >= 4 is 32.6 Å². The van der Waals surface area contributed by atoms with Crippen molar-refractivity contribution in [3.8, 4) is 11.8 Å². The van der Waals surface area contributed by atoms with Crippen LogP contribution in [-0.4, -0.2) is 50.0 Å². The van der Waals surface area contributed by atoms with Gasteiger partial charge in [0.1, 0.15) is 17.5 Å². The summed E-state index contributed by atoms with van der Waals surface area (Å²) < 4.78 is 39.5. The summed E-state index contributed by atoms with van der Waals surface area (Å²) >= 11 is 0. The molecule has 1 amide bonds. The van der Waals surface area contributed by atoms with Crippen molar-refractivity contribution in [2.75, 3.05) is 23.1 Å². The van der Waals surface area contributed by atoms with E-state index in [0.717, 1.165) is 21.9 Å². The van der Waals surface area contributed by atoms with Crippen LogP contribution in [0.2, 0.25) is 0 Å². The third kappa shape index (κ3) is 5.01. The summed E-state index contributed by atoms with van der Waals surface area (Å²) in [6, 6.07) is 18.7. The lowest BCUT2D eigenvalue weighted by molar-refractivity contribution is -0.0221. The molecule has 1 atom stereocenters. The third-order valence-corrected chi connectivity index (χ3v) is 8.61. The van der Waals surface area contributed by atoms with Crippen molar-refractivity contribution in [3.63, 3.8) is 0 Å². The molecule has 0 saturated carbocycles. The number of anilines is 1. The highest BCUT2D eigenvalue weighted by atomic mass is 32.2. The van der Waals surface area contributed by atoms with Crippen LogP contribution in [0.3, 0.4) is 0 Å². The second-order valence-electron chi connectivity index (χ2n) is 10.8. The van der Waals surface area contributed by atoms with Gasteiger partial charge in [-0.05, 0) is 86.0 Å². The predicted molar refractivity (Wildman–Crippen MR) is 146 cm³/mol. The van der Waals surface area contributed by atoms with Gasteiger partial charge in [-0.15, -0.1) is 0 Å². The Balaban J connectivity index is 1.38. The molecule has 1 fully saturated rings. The molecule has 0 aromatic heterocycles. The van der Waals surface area contributed by atoms with Crippen molar-refractivity contribution in [2.24, 2.45) is 0 Å². The smallest absolute Gasteiger partial charge is 0.410 e.